The number of aliphatic hydroxyl groups is 1. The first kappa shape index (κ1) is 14.8. The summed E-state index contributed by atoms with van der Waals surface area (Å²) in [6.07, 6.45) is 2.23. The zero-order chi connectivity index (χ0) is 14.4. The van der Waals surface area contributed by atoms with Crippen molar-refractivity contribution in [1.29, 1.82) is 0 Å². The van der Waals surface area contributed by atoms with Gasteiger partial charge < -0.3 is 15.2 Å². The predicted octanol–water partition coefficient (Wildman–Crippen LogP) is 1.48. The summed E-state index contributed by atoms with van der Waals surface area (Å²) in [5.74, 6) is 0.612. The average Bonchev–Trinajstić information content (AvgIpc) is 3.25. The summed E-state index contributed by atoms with van der Waals surface area (Å²) in [7, 11) is 0. The molecule has 0 aliphatic heterocycles. The third-order valence-corrected chi connectivity index (χ3v) is 3.26. The van der Waals surface area contributed by atoms with Gasteiger partial charge in [0.2, 0.25) is 5.91 Å². The van der Waals surface area contributed by atoms with Crippen molar-refractivity contribution in [2.75, 3.05) is 31.6 Å². The van der Waals surface area contributed by atoms with E-state index in [0.717, 1.165) is 12.8 Å². The molecule has 1 aliphatic carbocycles. The molecule has 1 aromatic rings. The van der Waals surface area contributed by atoms with Crippen molar-refractivity contribution < 1.29 is 14.6 Å². The number of para-hydroxylation sites is 2. The van der Waals surface area contributed by atoms with Gasteiger partial charge in [-0.15, -0.1) is 0 Å². The highest BCUT2D eigenvalue weighted by atomic mass is 16.5. The summed E-state index contributed by atoms with van der Waals surface area (Å²) < 4.78 is 5.48. The molecule has 0 spiro atoms. The monoisotopic (exact) mass is 278 g/mol. The van der Waals surface area contributed by atoms with Crippen LogP contribution in [0.2, 0.25) is 0 Å². The number of aliphatic hydroxyl groups excluding tert-OH is 1. The van der Waals surface area contributed by atoms with Crippen molar-refractivity contribution in [3.63, 3.8) is 0 Å². The smallest absolute Gasteiger partial charge is 0.238 e. The molecule has 0 unspecified atom stereocenters. The lowest BCUT2D eigenvalue weighted by molar-refractivity contribution is -0.117. The van der Waals surface area contributed by atoms with E-state index in [1.807, 2.05) is 36.1 Å². The van der Waals surface area contributed by atoms with Gasteiger partial charge in [-0.3, -0.25) is 9.69 Å². The second kappa shape index (κ2) is 7.26. The first-order chi connectivity index (χ1) is 9.74. The fourth-order valence-electron chi connectivity index (χ4n) is 2.18. The fraction of sp³-hybridized carbons (Fsp3) is 0.533. The van der Waals surface area contributed by atoms with Crippen LogP contribution in [0.15, 0.2) is 24.3 Å². The number of carbonyl (C=O) groups excluding carboxylic acids is 1. The van der Waals surface area contributed by atoms with Crippen LogP contribution in [0.4, 0.5) is 5.69 Å². The van der Waals surface area contributed by atoms with Gasteiger partial charge in [0.1, 0.15) is 5.75 Å². The maximum atomic E-state index is 12.1. The molecule has 0 bridgehead atoms. The van der Waals surface area contributed by atoms with Crippen LogP contribution in [0, 0.1) is 0 Å². The Morgan fingerprint density at radius 2 is 2.20 bits per heavy atom. The number of anilines is 1. The third-order valence-electron chi connectivity index (χ3n) is 3.26. The Morgan fingerprint density at radius 1 is 1.45 bits per heavy atom. The molecule has 1 amide bonds. The average molecular weight is 278 g/mol. The van der Waals surface area contributed by atoms with E-state index < -0.39 is 0 Å². The van der Waals surface area contributed by atoms with Gasteiger partial charge in [0.05, 0.1) is 25.4 Å². The topological polar surface area (TPSA) is 61.8 Å². The molecule has 2 rings (SSSR count). The zero-order valence-corrected chi connectivity index (χ0v) is 11.8. The highest BCUT2D eigenvalue weighted by Gasteiger charge is 2.29. The number of rotatable bonds is 8. The van der Waals surface area contributed by atoms with E-state index in [9.17, 15) is 4.79 Å². The maximum absolute atomic E-state index is 12.1. The Hall–Kier alpha value is -1.59. The fourth-order valence-corrected chi connectivity index (χ4v) is 2.18. The van der Waals surface area contributed by atoms with Crippen LogP contribution in [-0.4, -0.2) is 48.3 Å². The molecule has 5 nitrogen and oxygen atoms in total. The first-order valence-corrected chi connectivity index (χ1v) is 7.11. The number of benzene rings is 1. The van der Waals surface area contributed by atoms with Gasteiger partial charge in [0.25, 0.3) is 0 Å². The Morgan fingerprint density at radius 3 is 2.85 bits per heavy atom. The molecule has 2 N–H and O–H groups in total. The van der Waals surface area contributed by atoms with Gasteiger partial charge in [-0.25, -0.2) is 0 Å². The Labute approximate surface area is 119 Å². The van der Waals surface area contributed by atoms with E-state index >= 15 is 0 Å². The van der Waals surface area contributed by atoms with Gasteiger partial charge >= 0.3 is 0 Å². The summed E-state index contributed by atoms with van der Waals surface area (Å²) in [4.78, 5) is 14.1. The summed E-state index contributed by atoms with van der Waals surface area (Å²) in [5.41, 5.74) is 0.694. The maximum Gasteiger partial charge on any atom is 0.238 e. The molecular weight excluding hydrogens is 256 g/mol. The van der Waals surface area contributed by atoms with E-state index in [1.54, 1.807) is 0 Å². The van der Waals surface area contributed by atoms with Crippen molar-refractivity contribution in [2.45, 2.75) is 25.8 Å². The number of ether oxygens (including phenoxy) is 1. The van der Waals surface area contributed by atoms with Gasteiger partial charge in [-0.05, 0) is 31.9 Å². The molecule has 0 atom stereocenters. The summed E-state index contributed by atoms with van der Waals surface area (Å²) >= 11 is 0. The van der Waals surface area contributed by atoms with Crippen LogP contribution in [0.3, 0.4) is 0 Å². The number of nitrogens with one attached hydrogen (secondary N) is 1. The number of hydrogen-bond donors (Lipinski definition) is 2. The molecule has 20 heavy (non-hydrogen) atoms. The Balaban J connectivity index is 1.93. The van der Waals surface area contributed by atoms with E-state index in [1.165, 1.54) is 0 Å². The van der Waals surface area contributed by atoms with Crippen molar-refractivity contribution >= 4 is 11.6 Å². The van der Waals surface area contributed by atoms with E-state index in [0.29, 0.717) is 37.2 Å². The van der Waals surface area contributed by atoms with Crippen LogP contribution in [0.1, 0.15) is 19.8 Å². The standard InChI is InChI=1S/C15H22N2O3/c1-2-20-14-6-4-3-5-13(14)16-15(19)11-17(9-10-18)12-7-8-12/h3-6,12,18H,2,7-11H2,1H3,(H,16,19). The highest BCUT2D eigenvalue weighted by Crippen LogP contribution is 2.27. The van der Waals surface area contributed by atoms with Crippen molar-refractivity contribution in [3.05, 3.63) is 24.3 Å². The summed E-state index contributed by atoms with van der Waals surface area (Å²) in [6.45, 7) is 3.41. The second-order valence-electron chi connectivity index (χ2n) is 4.90. The molecule has 5 heteroatoms. The molecule has 1 fully saturated rings. The highest BCUT2D eigenvalue weighted by molar-refractivity contribution is 5.93. The molecule has 0 aromatic heterocycles. The lowest BCUT2D eigenvalue weighted by atomic mass is 10.3. The third kappa shape index (κ3) is 4.21. The number of amides is 1. The van der Waals surface area contributed by atoms with Crippen molar-refractivity contribution in [1.82, 2.24) is 4.90 Å². The quantitative estimate of drug-likeness (QED) is 0.756. The van der Waals surface area contributed by atoms with E-state index in [2.05, 4.69) is 5.32 Å². The van der Waals surface area contributed by atoms with Gasteiger partial charge in [0, 0.05) is 12.6 Å². The van der Waals surface area contributed by atoms with Gasteiger partial charge in [-0.2, -0.15) is 0 Å². The summed E-state index contributed by atoms with van der Waals surface area (Å²) in [6, 6.07) is 7.87. The Kier molecular flexibility index (Phi) is 5.38. The normalized spacial score (nSPS) is 14.3. The zero-order valence-electron chi connectivity index (χ0n) is 11.8. The minimum absolute atomic E-state index is 0.0718. The number of carbonyl (C=O) groups is 1. The predicted molar refractivity (Wildman–Crippen MR) is 77.9 cm³/mol. The lowest BCUT2D eigenvalue weighted by Gasteiger charge is -2.20. The lowest BCUT2D eigenvalue weighted by Crippen LogP contribution is -2.36. The van der Waals surface area contributed by atoms with Crippen molar-refractivity contribution in [3.8, 4) is 5.75 Å². The van der Waals surface area contributed by atoms with Crippen LogP contribution in [0.25, 0.3) is 0 Å². The minimum atomic E-state index is -0.0718. The molecule has 0 saturated heterocycles. The molecule has 1 aliphatic rings. The molecular formula is C15H22N2O3. The summed E-state index contributed by atoms with van der Waals surface area (Å²) in [5, 5.41) is 11.9. The van der Waals surface area contributed by atoms with Crippen LogP contribution in [0.5, 0.6) is 5.75 Å². The van der Waals surface area contributed by atoms with Gasteiger partial charge in [0.15, 0.2) is 0 Å². The SMILES string of the molecule is CCOc1ccccc1NC(=O)CN(CCO)C1CC1. The molecule has 0 radical (unpaired) electrons. The largest absolute Gasteiger partial charge is 0.492 e. The molecule has 0 heterocycles. The van der Waals surface area contributed by atoms with Crippen LogP contribution < -0.4 is 10.1 Å². The van der Waals surface area contributed by atoms with E-state index in [4.69, 9.17) is 9.84 Å². The number of nitrogens with zero attached hydrogens (tertiary/aromatic N) is 1. The Bertz CT molecular complexity index is 446. The van der Waals surface area contributed by atoms with Crippen LogP contribution in [-0.2, 0) is 4.79 Å². The molecule has 1 saturated carbocycles. The number of hydrogen-bond acceptors (Lipinski definition) is 4. The molecule has 1 aromatic carbocycles. The second-order valence-corrected chi connectivity index (χ2v) is 4.90. The minimum Gasteiger partial charge on any atom is -0.492 e. The van der Waals surface area contributed by atoms with E-state index in [-0.39, 0.29) is 12.5 Å². The first-order valence-electron chi connectivity index (χ1n) is 7.11. The molecule has 110 valence electrons. The van der Waals surface area contributed by atoms with Crippen molar-refractivity contribution in [2.24, 2.45) is 0 Å². The van der Waals surface area contributed by atoms with Gasteiger partial charge in [-0.1, -0.05) is 12.1 Å². The van der Waals surface area contributed by atoms with Crippen LogP contribution >= 0.6 is 0 Å².